The van der Waals surface area contributed by atoms with Crippen LogP contribution in [-0.4, -0.2) is 52.8 Å². The lowest BCUT2D eigenvalue weighted by Gasteiger charge is -2.23. The predicted molar refractivity (Wildman–Crippen MR) is 152 cm³/mol. The SMILES string of the molecule is COc1ccc(OC)c2sc(N(CC3CCCO3)C(=O)c3ccc(NS(=O)(=O)c4ccc(C)cc4)cc3)nc12. The third-order valence-electron chi connectivity index (χ3n) is 6.50. The Morgan fingerprint density at radius 3 is 2.38 bits per heavy atom. The summed E-state index contributed by atoms with van der Waals surface area (Å²) in [5, 5.41) is 0.498. The molecule has 3 aromatic carbocycles. The largest absolute Gasteiger partial charge is 0.495 e. The number of nitrogens with one attached hydrogen (secondary N) is 1. The van der Waals surface area contributed by atoms with Crippen LogP contribution >= 0.6 is 11.3 Å². The average molecular weight is 568 g/mol. The Labute approximate surface area is 231 Å². The highest BCUT2D eigenvalue weighted by atomic mass is 32.2. The molecule has 2 heterocycles. The van der Waals surface area contributed by atoms with Gasteiger partial charge in [-0.2, -0.15) is 0 Å². The van der Waals surface area contributed by atoms with E-state index in [1.807, 2.05) is 13.0 Å². The van der Waals surface area contributed by atoms with Crippen molar-refractivity contribution in [3.05, 3.63) is 71.8 Å². The number of sulfonamides is 1. The van der Waals surface area contributed by atoms with Crippen molar-refractivity contribution in [1.29, 1.82) is 0 Å². The summed E-state index contributed by atoms with van der Waals surface area (Å²) < 4.78 is 45.8. The van der Waals surface area contributed by atoms with Crippen molar-refractivity contribution in [3.8, 4) is 11.5 Å². The number of ether oxygens (including phenoxy) is 3. The van der Waals surface area contributed by atoms with E-state index in [4.69, 9.17) is 19.2 Å². The van der Waals surface area contributed by atoms with Crippen molar-refractivity contribution < 1.29 is 27.4 Å². The van der Waals surface area contributed by atoms with E-state index in [0.717, 1.165) is 23.1 Å². The normalized spacial score (nSPS) is 15.3. The molecule has 0 radical (unpaired) electrons. The van der Waals surface area contributed by atoms with Crippen LogP contribution in [0.2, 0.25) is 0 Å². The molecule has 4 aromatic rings. The number of nitrogens with zero attached hydrogens (tertiary/aromatic N) is 2. The summed E-state index contributed by atoms with van der Waals surface area (Å²) in [7, 11) is -0.599. The fourth-order valence-electron chi connectivity index (χ4n) is 4.40. The van der Waals surface area contributed by atoms with Crippen LogP contribution in [-0.2, 0) is 14.8 Å². The van der Waals surface area contributed by atoms with Crippen LogP contribution in [0.4, 0.5) is 10.8 Å². The molecule has 0 aliphatic carbocycles. The first-order valence-corrected chi connectivity index (χ1v) is 14.7. The van der Waals surface area contributed by atoms with E-state index in [1.165, 1.54) is 11.3 Å². The summed E-state index contributed by atoms with van der Waals surface area (Å²) in [5.41, 5.74) is 2.33. The Kier molecular flexibility index (Phi) is 7.74. The van der Waals surface area contributed by atoms with Gasteiger partial charge in [-0.1, -0.05) is 29.0 Å². The number of aryl methyl sites for hydroxylation is 1. The van der Waals surface area contributed by atoms with Crippen molar-refractivity contribution in [1.82, 2.24) is 4.98 Å². The first-order chi connectivity index (χ1) is 18.8. The van der Waals surface area contributed by atoms with Gasteiger partial charge in [-0.3, -0.25) is 14.4 Å². The molecule has 11 heteroatoms. The first-order valence-electron chi connectivity index (χ1n) is 12.4. The molecular weight excluding hydrogens is 538 g/mol. The van der Waals surface area contributed by atoms with Gasteiger partial charge in [-0.15, -0.1) is 0 Å². The molecule has 1 saturated heterocycles. The lowest BCUT2D eigenvalue weighted by atomic mass is 10.1. The Morgan fingerprint density at radius 1 is 1.05 bits per heavy atom. The van der Waals surface area contributed by atoms with Crippen LogP contribution in [0.1, 0.15) is 28.8 Å². The fourth-order valence-corrected chi connectivity index (χ4v) is 6.54. The number of hydrogen-bond donors (Lipinski definition) is 1. The van der Waals surface area contributed by atoms with Gasteiger partial charge in [-0.25, -0.2) is 13.4 Å². The van der Waals surface area contributed by atoms with Crippen LogP contribution < -0.4 is 19.1 Å². The van der Waals surface area contributed by atoms with E-state index < -0.39 is 10.0 Å². The number of aromatic nitrogens is 1. The third kappa shape index (κ3) is 5.70. The molecule has 0 saturated carbocycles. The maximum Gasteiger partial charge on any atom is 0.261 e. The van der Waals surface area contributed by atoms with Gasteiger partial charge in [-0.05, 0) is 68.3 Å². The molecule has 1 unspecified atom stereocenters. The summed E-state index contributed by atoms with van der Waals surface area (Å²) in [4.78, 5) is 20.3. The highest BCUT2D eigenvalue weighted by Crippen LogP contribution is 2.40. The lowest BCUT2D eigenvalue weighted by molar-refractivity contribution is 0.0917. The molecule has 204 valence electrons. The number of carbonyl (C=O) groups excluding carboxylic acids is 1. The summed E-state index contributed by atoms with van der Waals surface area (Å²) >= 11 is 1.34. The van der Waals surface area contributed by atoms with Crippen molar-refractivity contribution in [3.63, 3.8) is 0 Å². The standard InChI is InChI=1S/C28H29N3O6S2/c1-18-6-12-22(13-7-18)39(33,34)30-20-10-8-19(9-11-20)27(32)31(17-21-5-4-16-37-21)28-29-25-23(35-2)14-15-24(36-3)26(25)38-28/h6-15,21,30H,4-5,16-17H2,1-3H3. The van der Waals surface area contributed by atoms with Gasteiger partial charge in [0.05, 0.1) is 31.8 Å². The Bertz CT molecular complexity index is 1540. The first kappa shape index (κ1) is 26.9. The second kappa shape index (κ2) is 11.2. The smallest absolute Gasteiger partial charge is 0.261 e. The van der Waals surface area contributed by atoms with Gasteiger partial charge in [0, 0.05) is 17.9 Å². The monoisotopic (exact) mass is 567 g/mol. The maximum atomic E-state index is 13.8. The van der Waals surface area contributed by atoms with Crippen LogP contribution in [0.25, 0.3) is 10.2 Å². The Hall–Kier alpha value is -3.67. The molecule has 1 aliphatic heterocycles. The second-order valence-corrected chi connectivity index (χ2v) is 11.9. The Balaban J connectivity index is 1.44. The molecule has 5 rings (SSSR count). The average Bonchev–Trinajstić information content (AvgIpc) is 3.61. The highest BCUT2D eigenvalue weighted by molar-refractivity contribution is 7.92. The minimum atomic E-state index is -3.76. The van der Waals surface area contributed by atoms with E-state index in [1.54, 1.807) is 73.7 Å². The van der Waals surface area contributed by atoms with Crippen molar-refractivity contribution >= 4 is 48.3 Å². The van der Waals surface area contributed by atoms with E-state index in [9.17, 15) is 13.2 Å². The topological polar surface area (TPSA) is 107 Å². The van der Waals surface area contributed by atoms with Crippen molar-refractivity contribution in [2.45, 2.75) is 30.8 Å². The number of amides is 1. The van der Waals surface area contributed by atoms with E-state index in [0.29, 0.717) is 46.5 Å². The molecule has 1 aliphatic rings. The van der Waals surface area contributed by atoms with E-state index in [2.05, 4.69) is 4.72 Å². The van der Waals surface area contributed by atoms with Crippen molar-refractivity contribution in [2.75, 3.05) is 37.0 Å². The predicted octanol–water partition coefficient (Wildman–Crippen LogP) is 5.25. The number of rotatable bonds is 9. The van der Waals surface area contributed by atoms with Gasteiger partial charge >= 0.3 is 0 Å². The molecule has 0 spiro atoms. The minimum Gasteiger partial charge on any atom is -0.495 e. The zero-order valence-electron chi connectivity index (χ0n) is 21.8. The molecular formula is C28H29N3O6S2. The maximum absolute atomic E-state index is 13.8. The van der Waals surface area contributed by atoms with E-state index >= 15 is 0 Å². The number of benzene rings is 3. The van der Waals surface area contributed by atoms with Gasteiger partial charge in [0.2, 0.25) is 0 Å². The minimum absolute atomic E-state index is 0.106. The molecule has 9 nitrogen and oxygen atoms in total. The van der Waals surface area contributed by atoms with Crippen LogP contribution in [0.5, 0.6) is 11.5 Å². The summed E-state index contributed by atoms with van der Waals surface area (Å²) in [6.07, 6.45) is 1.68. The molecule has 1 N–H and O–H groups in total. The quantitative estimate of drug-likeness (QED) is 0.294. The lowest BCUT2D eigenvalue weighted by Crippen LogP contribution is -2.37. The van der Waals surface area contributed by atoms with Crippen LogP contribution in [0.15, 0.2) is 65.6 Å². The van der Waals surface area contributed by atoms with Gasteiger partial charge in [0.15, 0.2) is 5.13 Å². The van der Waals surface area contributed by atoms with Gasteiger partial charge in [0.1, 0.15) is 21.7 Å². The van der Waals surface area contributed by atoms with Crippen LogP contribution in [0.3, 0.4) is 0 Å². The van der Waals surface area contributed by atoms with Gasteiger partial charge < -0.3 is 14.2 Å². The van der Waals surface area contributed by atoms with Gasteiger partial charge in [0.25, 0.3) is 15.9 Å². The summed E-state index contributed by atoms with van der Waals surface area (Å²) in [6.45, 7) is 2.89. The number of thiazole rings is 1. The fraction of sp³-hybridized carbons (Fsp3) is 0.286. The zero-order chi connectivity index (χ0) is 27.6. The molecule has 1 fully saturated rings. The second-order valence-electron chi connectivity index (χ2n) is 9.19. The number of methoxy groups -OCH3 is 2. The molecule has 1 aromatic heterocycles. The number of fused-ring (bicyclic) bond motifs is 1. The zero-order valence-corrected chi connectivity index (χ0v) is 23.5. The number of carbonyl (C=O) groups is 1. The Morgan fingerprint density at radius 2 is 1.74 bits per heavy atom. The molecule has 0 bridgehead atoms. The van der Waals surface area contributed by atoms with Crippen LogP contribution in [0, 0.1) is 6.92 Å². The summed E-state index contributed by atoms with van der Waals surface area (Å²) in [6, 6.07) is 16.6. The highest BCUT2D eigenvalue weighted by Gasteiger charge is 2.28. The van der Waals surface area contributed by atoms with E-state index in [-0.39, 0.29) is 16.9 Å². The molecule has 1 atom stereocenters. The number of hydrogen-bond acceptors (Lipinski definition) is 8. The molecule has 1 amide bonds. The molecule has 39 heavy (non-hydrogen) atoms. The third-order valence-corrected chi connectivity index (χ3v) is 8.99. The summed E-state index contributed by atoms with van der Waals surface area (Å²) in [5.74, 6) is 0.961. The number of anilines is 2. The van der Waals surface area contributed by atoms with Crippen molar-refractivity contribution in [2.24, 2.45) is 0 Å².